The van der Waals surface area contributed by atoms with E-state index in [9.17, 15) is 0 Å². The zero-order chi connectivity index (χ0) is 14.0. The van der Waals surface area contributed by atoms with Crippen LogP contribution >= 0.6 is 11.6 Å². The number of halogens is 1. The van der Waals surface area contributed by atoms with Gasteiger partial charge in [0, 0.05) is 5.69 Å². The average molecular weight is 287 g/mol. The summed E-state index contributed by atoms with van der Waals surface area (Å²) in [4.78, 5) is 9.27. The Balaban J connectivity index is 2.15. The average Bonchev–Trinajstić information content (AvgIpc) is 2.48. The molecule has 0 spiro atoms. The second-order valence-corrected chi connectivity index (χ2v) is 6.05. The molecular weight excluding hydrogens is 268 g/mol. The third kappa shape index (κ3) is 2.45. The lowest BCUT2D eigenvalue weighted by Crippen LogP contribution is -2.33. The molecule has 1 aromatic carbocycles. The highest BCUT2D eigenvalue weighted by atomic mass is 35.5. The van der Waals surface area contributed by atoms with E-state index < -0.39 is 0 Å². The molecule has 0 radical (unpaired) electrons. The van der Waals surface area contributed by atoms with Crippen LogP contribution in [-0.2, 0) is 5.41 Å². The molecule has 1 aromatic heterocycles. The van der Waals surface area contributed by atoms with Gasteiger partial charge in [-0.05, 0) is 31.4 Å². The molecular formula is C17H19ClN2. The largest absolute Gasteiger partial charge is 0.237 e. The van der Waals surface area contributed by atoms with Crippen molar-refractivity contribution in [3.05, 3.63) is 58.6 Å². The normalized spacial score (nSPS) is 17.9. The monoisotopic (exact) mass is 286 g/mol. The van der Waals surface area contributed by atoms with Crippen molar-refractivity contribution in [3.63, 3.8) is 0 Å². The number of aryl methyl sites for hydroxylation is 1. The van der Waals surface area contributed by atoms with E-state index in [2.05, 4.69) is 35.3 Å². The highest BCUT2D eigenvalue weighted by Crippen LogP contribution is 2.43. The van der Waals surface area contributed by atoms with E-state index in [-0.39, 0.29) is 5.41 Å². The van der Waals surface area contributed by atoms with E-state index in [1.807, 2.05) is 13.0 Å². The lowest BCUT2D eigenvalue weighted by atomic mass is 9.68. The first kappa shape index (κ1) is 13.6. The summed E-state index contributed by atoms with van der Waals surface area (Å²) in [6.07, 6.45) is 5.97. The highest BCUT2D eigenvalue weighted by molar-refractivity contribution is 6.29. The molecule has 104 valence electrons. The molecule has 0 bridgehead atoms. The van der Waals surface area contributed by atoms with Crippen LogP contribution in [0.15, 0.2) is 36.4 Å². The van der Waals surface area contributed by atoms with Crippen molar-refractivity contribution < 1.29 is 0 Å². The molecule has 2 aromatic rings. The molecule has 0 aliphatic heterocycles. The maximum atomic E-state index is 6.17. The Hall–Kier alpha value is -1.41. The molecule has 1 heterocycles. The minimum absolute atomic E-state index is 0.0603. The third-order valence-electron chi connectivity index (χ3n) is 4.28. The van der Waals surface area contributed by atoms with Crippen LogP contribution in [0.4, 0.5) is 0 Å². The first-order valence-corrected chi connectivity index (χ1v) is 7.66. The summed E-state index contributed by atoms with van der Waals surface area (Å²) in [5, 5.41) is 0.549. The maximum absolute atomic E-state index is 6.17. The fourth-order valence-electron chi connectivity index (χ4n) is 3.30. The summed E-state index contributed by atoms with van der Waals surface area (Å²) < 4.78 is 0. The minimum atomic E-state index is -0.0603. The standard InChI is InChI=1S/C17H19ClN2/c1-13-12-15(18)20-16(19-13)17(10-6-3-7-11-17)14-8-4-2-5-9-14/h2,4-5,8-9,12H,3,6-7,10-11H2,1H3. The Morgan fingerprint density at radius 2 is 1.70 bits per heavy atom. The number of aromatic nitrogens is 2. The van der Waals surface area contributed by atoms with Gasteiger partial charge in [-0.1, -0.05) is 61.2 Å². The fourth-order valence-corrected chi connectivity index (χ4v) is 3.54. The molecule has 0 atom stereocenters. The van der Waals surface area contributed by atoms with E-state index in [0.717, 1.165) is 24.4 Å². The summed E-state index contributed by atoms with van der Waals surface area (Å²) in [7, 11) is 0. The Kier molecular flexibility index (Phi) is 3.75. The second-order valence-electron chi connectivity index (χ2n) is 5.66. The molecule has 3 heteroatoms. The van der Waals surface area contributed by atoms with Crippen LogP contribution in [0, 0.1) is 6.92 Å². The predicted molar refractivity (Wildman–Crippen MR) is 82.1 cm³/mol. The van der Waals surface area contributed by atoms with Crippen LogP contribution in [0.3, 0.4) is 0 Å². The van der Waals surface area contributed by atoms with E-state index in [1.165, 1.54) is 24.8 Å². The van der Waals surface area contributed by atoms with Gasteiger partial charge in [-0.3, -0.25) is 0 Å². The van der Waals surface area contributed by atoms with Gasteiger partial charge in [0.1, 0.15) is 11.0 Å². The first-order chi connectivity index (χ1) is 9.71. The number of nitrogens with zero attached hydrogens (tertiary/aromatic N) is 2. The number of hydrogen-bond acceptors (Lipinski definition) is 2. The molecule has 3 rings (SSSR count). The van der Waals surface area contributed by atoms with Crippen molar-refractivity contribution in [3.8, 4) is 0 Å². The lowest BCUT2D eigenvalue weighted by Gasteiger charge is -2.36. The van der Waals surface area contributed by atoms with Crippen molar-refractivity contribution in [1.29, 1.82) is 0 Å². The molecule has 1 aliphatic carbocycles. The van der Waals surface area contributed by atoms with Crippen molar-refractivity contribution in [2.75, 3.05) is 0 Å². The van der Waals surface area contributed by atoms with Gasteiger partial charge in [0.05, 0.1) is 5.41 Å². The number of benzene rings is 1. The van der Waals surface area contributed by atoms with Crippen LogP contribution in [-0.4, -0.2) is 9.97 Å². The van der Waals surface area contributed by atoms with E-state index in [1.54, 1.807) is 0 Å². The first-order valence-electron chi connectivity index (χ1n) is 7.28. The van der Waals surface area contributed by atoms with Gasteiger partial charge >= 0.3 is 0 Å². The van der Waals surface area contributed by atoms with Gasteiger partial charge in [0.2, 0.25) is 0 Å². The maximum Gasteiger partial charge on any atom is 0.140 e. The fraction of sp³-hybridized carbons (Fsp3) is 0.412. The summed E-state index contributed by atoms with van der Waals surface area (Å²) >= 11 is 6.17. The van der Waals surface area contributed by atoms with Crippen molar-refractivity contribution in [1.82, 2.24) is 9.97 Å². The predicted octanol–water partition coefficient (Wildman–Crippen LogP) is 4.69. The molecule has 1 aliphatic rings. The van der Waals surface area contributed by atoms with Crippen molar-refractivity contribution >= 4 is 11.6 Å². The third-order valence-corrected chi connectivity index (χ3v) is 4.48. The molecule has 2 nitrogen and oxygen atoms in total. The summed E-state index contributed by atoms with van der Waals surface area (Å²) in [6, 6.07) is 12.5. The quantitative estimate of drug-likeness (QED) is 0.749. The molecule has 0 N–H and O–H groups in total. The topological polar surface area (TPSA) is 25.8 Å². The minimum Gasteiger partial charge on any atom is -0.237 e. The highest BCUT2D eigenvalue weighted by Gasteiger charge is 2.38. The smallest absolute Gasteiger partial charge is 0.140 e. The van der Waals surface area contributed by atoms with Crippen LogP contribution in [0.5, 0.6) is 0 Å². The molecule has 0 saturated heterocycles. The summed E-state index contributed by atoms with van der Waals surface area (Å²) in [6.45, 7) is 1.98. The number of rotatable bonds is 2. The zero-order valence-corrected chi connectivity index (χ0v) is 12.5. The SMILES string of the molecule is Cc1cc(Cl)nc(C2(c3ccccc3)CCCCC2)n1. The lowest BCUT2D eigenvalue weighted by molar-refractivity contribution is 0.329. The van der Waals surface area contributed by atoms with Crippen LogP contribution in [0.25, 0.3) is 0 Å². The zero-order valence-electron chi connectivity index (χ0n) is 11.8. The van der Waals surface area contributed by atoms with E-state index in [4.69, 9.17) is 16.6 Å². The van der Waals surface area contributed by atoms with Gasteiger partial charge in [0.25, 0.3) is 0 Å². The molecule has 1 fully saturated rings. The van der Waals surface area contributed by atoms with Crippen LogP contribution < -0.4 is 0 Å². The van der Waals surface area contributed by atoms with Crippen LogP contribution in [0.2, 0.25) is 5.15 Å². The van der Waals surface area contributed by atoms with E-state index >= 15 is 0 Å². The van der Waals surface area contributed by atoms with Crippen molar-refractivity contribution in [2.24, 2.45) is 0 Å². The van der Waals surface area contributed by atoms with Gasteiger partial charge < -0.3 is 0 Å². The molecule has 0 unspecified atom stereocenters. The Bertz CT molecular complexity index is 569. The Morgan fingerprint density at radius 3 is 2.35 bits per heavy atom. The van der Waals surface area contributed by atoms with Gasteiger partial charge in [-0.25, -0.2) is 9.97 Å². The summed E-state index contributed by atoms with van der Waals surface area (Å²) in [5.41, 5.74) is 2.21. The van der Waals surface area contributed by atoms with Crippen molar-refractivity contribution in [2.45, 2.75) is 44.4 Å². The second kappa shape index (κ2) is 5.53. The molecule has 1 saturated carbocycles. The van der Waals surface area contributed by atoms with Gasteiger partial charge in [-0.15, -0.1) is 0 Å². The molecule has 0 amide bonds. The Morgan fingerprint density at radius 1 is 1.00 bits per heavy atom. The van der Waals surface area contributed by atoms with E-state index in [0.29, 0.717) is 5.15 Å². The van der Waals surface area contributed by atoms with Gasteiger partial charge in [0.15, 0.2) is 0 Å². The van der Waals surface area contributed by atoms with Crippen LogP contribution in [0.1, 0.15) is 49.2 Å². The van der Waals surface area contributed by atoms with Gasteiger partial charge in [-0.2, -0.15) is 0 Å². The Labute approximate surface area is 125 Å². The molecule has 20 heavy (non-hydrogen) atoms. The summed E-state index contributed by atoms with van der Waals surface area (Å²) in [5.74, 6) is 0.897. The number of hydrogen-bond donors (Lipinski definition) is 0.